The summed E-state index contributed by atoms with van der Waals surface area (Å²) < 4.78 is 39.5. The number of carboxylic acid groups (broad SMARTS) is 1. The number of phenolic OH excluding ortho intramolecular Hbond substituents is 3. The number of phenols is 3. The SMILES string of the molecule is CCCCCCCCCN[C@@]1(C)C[C@H](O[C@H]2[C@H](Oc3c4cc5cc3Oc3ccc(cc3Cl)[C@@H](O)[C@@H](NC(=O)[C@@H](CC(C)C)NC)C(=O)N[C@@H](CC(N)=O)C(=O)N[C@H]5C(=O)N[C@H]3C(=O)N[C@H](C(=O)N[C@H](C(=O)O)c5cc(O)c(CNCCCNC(=O)[C@H](O)[C@@H](O)[C@H](O)[C@H](O)CO)c(O)c5-c5cc3ccc5O)[C@H](O)c3ccc(c(Cl)c3)O4)O[C@H](CO)[C@@H](O)[C@@H]2O)O[C@@H](C)[C@H]1O. The summed E-state index contributed by atoms with van der Waals surface area (Å²) in [6.07, 6.45) is -20.2. The van der Waals surface area contributed by atoms with E-state index in [0.29, 0.717) is 6.54 Å². The van der Waals surface area contributed by atoms with Crippen molar-refractivity contribution in [2.45, 2.75) is 245 Å². The zero-order valence-electron chi connectivity index (χ0n) is 70.8. The van der Waals surface area contributed by atoms with E-state index < -0.39 is 292 Å². The van der Waals surface area contributed by atoms with Crippen molar-refractivity contribution < 1.29 is 148 Å². The molecule has 0 unspecified atom stereocenters. The molecule has 43 heteroatoms. The van der Waals surface area contributed by atoms with Crippen LogP contribution < -0.4 is 73.1 Å². The van der Waals surface area contributed by atoms with Crippen LogP contribution in [0.2, 0.25) is 10.0 Å². The molecule has 0 aliphatic carbocycles. The predicted molar refractivity (Wildman–Crippen MR) is 452 cm³/mol. The molecule has 702 valence electrons. The highest BCUT2D eigenvalue weighted by Gasteiger charge is 2.53. The van der Waals surface area contributed by atoms with Gasteiger partial charge < -0.3 is 164 Å². The van der Waals surface area contributed by atoms with Gasteiger partial charge in [-0.1, -0.05) is 101 Å². The number of aliphatic hydroxyl groups is 11. The first-order valence-electron chi connectivity index (χ1n) is 42.0. The standard InChI is InChI=1S/C85H113Cl2N11O30/c1-7-8-9-10-11-12-13-23-92-85(5)32-58(123-37(4)75(85)113)127-74-71(111)69(109)56(35-100)126-84(74)128-73-54-28-41-29-55(73)125-53-20-17-40(27-46(53)87)66(106)64-81(119)96-62(83(121)122)43-30-50(102)44(33-90-21-14-22-91-82(120)72(112)70(110)68(108)51(103)34-99)67(107)59(43)42-25-38(15-18-49(42)101)60(78(116)98-64)95-79(117)61(41)94-77(115)48(31-57(88)104)93-80(118)63(97-76(114)47(89-6)24-36(2)3)65(105)39-16-19-52(124-54)45(86)26-39/h15-20,25-30,36-37,47-48,51,56,58,60-66,68-72,74-75,84,89-90,92,99-103,105-113H,7-14,21-24,31-35H2,1-6H3,(H2,88,104)(H,91,120)(H,93,118)(H,94,115)(H,95,117)(H,96,119)(H,97,114)(H,98,116)(H,121,122)/t37-,47+,48-,51+,56+,58-,60+,61+,62-,63+,64-,65+,66+,68+,69+,70-,71-,72+,74+,75+,84-,85-/m0/s1. The molecule has 128 heavy (non-hydrogen) atoms. The first kappa shape index (κ1) is 100. The van der Waals surface area contributed by atoms with E-state index in [1.807, 2.05) is 0 Å². The second-order valence-corrected chi connectivity index (χ2v) is 33.7. The number of aromatic hydroxyl groups is 3. The number of fused-ring (bicyclic) bond motifs is 15. The number of primary amides is 1. The van der Waals surface area contributed by atoms with Crippen LogP contribution in [-0.2, 0) is 63.9 Å². The Morgan fingerprint density at radius 3 is 1.89 bits per heavy atom. The van der Waals surface area contributed by atoms with Gasteiger partial charge in [0.2, 0.25) is 53.4 Å². The van der Waals surface area contributed by atoms with Crippen molar-refractivity contribution in [1.82, 2.24) is 53.2 Å². The lowest BCUT2D eigenvalue weighted by Gasteiger charge is -2.48. The summed E-state index contributed by atoms with van der Waals surface area (Å²) in [5.74, 6) is -18.1. The van der Waals surface area contributed by atoms with E-state index in [1.54, 1.807) is 27.7 Å². The van der Waals surface area contributed by atoms with E-state index in [2.05, 4.69) is 60.1 Å². The summed E-state index contributed by atoms with van der Waals surface area (Å²) in [6.45, 7) is 6.63. The number of halogens is 2. The van der Waals surface area contributed by atoms with Crippen molar-refractivity contribution in [2.75, 3.05) is 39.9 Å². The lowest BCUT2D eigenvalue weighted by molar-refractivity contribution is -0.334. The number of nitrogens with two attached hydrogens (primary N) is 1. The number of likely N-dealkylation sites (N-methyl/N-ethyl adjacent to an activating group) is 1. The maximum atomic E-state index is 16.4. The quantitative estimate of drug-likeness (QED) is 0.0236. The van der Waals surface area contributed by atoms with Gasteiger partial charge in [-0.2, -0.15) is 0 Å². The molecule has 5 aromatic rings. The average molecular weight is 1840 g/mol. The van der Waals surface area contributed by atoms with Gasteiger partial charge in [-0.25, -0.2) is 4.79 Å². The molecule has 0 aromatic heterocycles. The van der Waals surface area contributed by atoms with Gasteiger partial charge in [0.05, 0.1) is 53.5 Å². The summed E-state index contributed by atoms with van der Waals surface area (Å²) in [7, 11) is 1.46. The van der Waals surface area contributed by atoms with Crippen LogP contribution in [0.1, 0.15) is 169 Å². The summed E-state index contributed by atoms with van der Waals surface area (Å²) in [6, 6.07) is -2.32. The molecule has 0 radical (unpaired) electrons. The lowest BCUT2D eigenvalue weighted by Crippen LogP contribution is -2.65. The van der Waals surface area contributed by atoms with Crippen LogP contribution in [0.3, 0.4) is 0 Å². The fraction of sp³-hybridized carbons (Fsp3) is 0.541. The highest BCUT2D eigenvalue weighted by molar-refractivity contribution is 6.32. The van der Waals surface area contributed by atoms with Crippen LogP contribution in [0.25, 0.3) is 11.1 Å². The minimum atomic E-state index is -2.43. The van der Waals surface area contributed by atoms with E-state index in [-0.39, 0.29) is 60.2 Å². The van der Waals surface area contributed by atoms with E-state index in [4.69, 9.17) is 62.5 Å². The Hall–Kier alpha value is -9.97. The Morgan fingerprint density at radius 1 is 0.664 bits per heavy atom. The third-order valence-corrected chi connectivity index (χ3v) is 23.6. The van der Waals surface area contributed by atoms with Crippen LogP contribution in [0.5, 0.6) is 46.0 Å². The zero-order valence-corrected chi connectivity index (χ0v) is 72.3. The number of unbranched alkanes of at least 4 members (excludes halogenated alkanes) is 6. The second-order valence-electron chi connectivity index (χ2n) is 32.9. The van der Waals surface area contributed by atoms with Crippen molar-refractivity contribution in [2.24, 2.45) is 11.7 Å². The minimum absolute atomic E-state index is 0.0129. The molecule has 5 aromatic carbocycles. The number of hydrogen-bond acceptors (Lipinski definition) is 32. The molecule has 0 saturated carbocycles. The Balaban J connectivity index is 1.16. The van der Waals surface area contributed by atoms with Crippen molar-refractivity contribution in [3.8, 4) is 57.1 Å². The van der Waals surface area contributed by atoms with Crippen LogP contribution in [0.4, 0.5) is 0 Å². The Bertz CT molecular complexity index is 4810. The van der Waals surface area contributed by atoms with Crippen LogP contribution in [0, 0.1) is 5.92 Å². The summed E-state index contributed by atoms with van der Waals surface area (Å²) >= 11 is 14.4. The molecular formula is C85H113Cl2N11O30. The molecule has 0 spiro atoms. The molecule has 2 fully saturated rings. The Kier molecular flexibility index (Phi) is 34.9. The van der Waals surface area contributed by atoms with Crippen molar-refractivity contribution in [3.63, 3.8) is 0 Å². The van der Waals surface area contributed by atoms with Gasteiger partial charge >= 0.3 is 5.97 Å². The number of ether oxygens (including phenoxy) is 6. The van der Waals surface area contributed by atoms with Gasteiger partial charge in [-0.15, -0.1) is 0 Å². The second kappa shape index (κ2) is 44.6. The van der Waals surface area contributed by atoms with Crippen LogP contribution in [0.15, 0.2) is 72.8 Å². The van der Waals surface area contributed by atoms with Crippen LogP contribution >= 0.6 is 23.2 Å². The van der Waals surface area contributed by atoms with Crippen molar-refractivity contribution in [3.05, 3.63) is 116 Å². The number of carboxylic acids is 1. The van der Waals surface area contributed by atoms with Crippen molar-refractivity contribution >= 4 is 76.4 Å². The normalized spacial score (nSPS) is 26.7. The highest BCUT2D eigenvalue weighted by Crippen LogP contribution is 2.51. The molecule has 41 nitrogen and oxygen atoms in total. The number of aliphatic carboxylic acids is 1. The van der Waals surface area contributed by atoms with Gasteiger partial charge in [0.1, 0.15) is 108 Å². The maximum Gasteiger partial charge on any atom is 0.330 e. The lowest BCUT2D eigenvalue weighted by atomic mass is 9.84. The number of rotatable bonds is 33. The Morgan fingerprint density at radius 2 is 1.28 bits per heavy atom. The Labute approximate surface area is 744 Å². The molecule has 22 atom stereocenters. The monoisotopic (exact) mass is 1840 g/mol. The van der Waals surface area contributed by atoms with Gasteiger partial charge in [0.15, 0.2) is 36.0 Å². The summed E-state index contributed by atoms with van der Waals surface area (Å²) in [5.41, 5.74) is 0.837. The molecular weight excluding hydrogens is 1730 g/mol. The van der Waals surface area contributed by atoms with Gasteiger partial charge in [-0.05, 0) is 136 Å². The van der Waals surface area contributed by atoms with Crippen molar-refractivity contribution in [1.29, 1.82) is 0 Å². The first-order chi connectivity index (χ1) is 60.7. The molecule has 12 rings (SSSR count). The van der Waals surface area contributed by atoms with E-state index in [1.165, 1.54) is 19.2 Å². The molecule has 7 heterocycles. The first-order valence-corrected chi connectivity index (χ1v) is 42.7. The fourth-order valence-corrected chi connectivity index (χ4v) is 16.2. The topological polar surface area (TPSA) is 659 Å². The third kappa shape index (κ3) is 23.8. The number of carbonyl (C=O) groups excluding carboxylic acids is 8. The summed E-state index contributed by atoms with van der Waals surface area (Å²) in [5, 5.41) is 194. The molecule has 27 N–H and O–H groups in total. The number of carbonyl (C=O) groups is 9. The number of benzene rings is 5. The van der Waals surface area contributed by atoms with Crippen LogP contribution in [-0.4, -0.2) is 273 Å². The zero-order chi connectivity index (χ0) is 93.6. The van der Waals surface area contributed by atoms with Gasteiger partial charge in [-0.3, -0.25) is 38.4 Å². The molecule has 7 aliphatic rings. The largest absolute Gasteiger partial charge is 0.507 e. The van der Waals surface area contributed by atoms with Gasteiger partial charge in [0, 0.05) is 41.7 Å². The highest BCUT2D eigenvalue weighted by atomic mass is 35.5. The maximum absolute atomic E-state index is 16.4. The minimum Gasteiger partial charge on any atom is -0.507 e. The smallest absolute Gasteiger partial charge is 0.330 e. The number of nitrogens with one attached hydrogen (secondary N) is 10. The van der Waals surface area contributed by atoms with E-state index in [0.717, 1.165) is 106 Å². The average Bonchev–Trinajstić information content (AvgIpc) is 0.754. The van der Waals surface area contributed by atoms with Gasteiger partial charge in [0.25, 0.3) is 5.91 Å². The predicted octanol–water partition coefficient (Wildman–Crippen LogP) is -0.481. The van der Waals surface area contributed by atoms with E-state index in [9.17, 15) is 90.7 Å². The molecule has 8 amide bonds. The number of hydrogen-bond donors (Lipinski definition) is 26. The summed E-state index contributed by atoms with van der Waals surface area (Å²) in [4.78, 5) is 132. The molecule has 2 saturated heterocycles. The number of amides is 8. The molecule has 7 aliphatic heterocycles. The molecule has 11 bridgehead atoms. The number of aliphatic hydroxyl groups excluding tert-OH is 11. The third-order valence-electron chi connectivity index (χ3n) is 23.0. The fourth-order valence-electron chi connectivity index (χ4n) is 15.8. The van der Waals surface area contributed by atoms with E-state index >= 15 is 24.0 Å².